The number of aliphatic carboxylic acids is 1. The maximum Gasteiger partial charge on any atom is 0.329 e. The van der Waals surface area contributed by atoms with Crippen LogP contribution in [0.2, 0.25) is 0 Å². The highest BCUT2D eigenvalue weighted by Crippen LogP contribution is 2.28. The summed E-state index contributed by atoms with van der Waals surface area (Å²) in [5.41, 5.74) is -1.05. The van der Waals surface area contributed by atoms with E-state index in [0.717, 1.165) is 32.4 Å². The normalized spacial score (nSPS) is 23.1. The summed E-state index contributed by atoms with van der Waals surface area (Å²) in [6.07, 6.45) is 3.87. The van der Waals surface area contributed by atoms with E-state index in [4.69, 9.17) is 0 Å². The molecular weight excluding hydrogens is 270 g/mol. The monoisotopic (exact) mass is 297 g/mol. The van der Waals surface area contributed by atoms with Crippen molar-refractivity contribution in [2.24, 2.45) is 0 Å². The molecule has 21 heavy (non-hydrogen) atoms. The van der Waals surface area contributed by atoms with Gasteiger partial charge in [-0.15, -0.1) is 0 Å². The lowest BCUT2D eigenvalue weighted by molar-refractivity contribution is -0.146. The Labute approximate surface area is 126 Å². The largest absolute Gasteiger partial charge is 0.480 e. The van der Waals surface area contributed by atoms with Crippen LogP contribution in [0.1, 0.15) is 46.0 Å². The van der Waals surface area contributed by atoms with Crippen LogP contribution in [0.3, 0.4) is 0 Å². The Kier molecular flexibility index (Phi) is 5.08. The van der Waals surface area contributed by atoms with E-state index < -0.39 is 11.5 Å². The molecule has 0 aromatic heterocycles. The first-order chi connectivity index (χ1) is 9.94. The smallest absolute Gasteiger partial charge is 0.329 e. The van der Waals surface area contributed by atoms with E-state index >= 15 is 0 Å². The molecule has 0 bridgehead atoms. The first-order valence-corrected chi connectivity index (χ1v) is 7.99. The van der Waals surface area contributed by atoms with Gasteiger partial charge in [-0.2, -0.15) is 0 Å². The van der Waals surface area contributed by atoms with E-state index in [1.54, 1.807) is 4.90 Å². The number of nitrogens with zero attached hydrogens (tertiary/aromatic N) is 2. The van der Waals surface area contributed by atoms with Crippen molar-refractivity contribution in [1.82, 2.24) is 15.1 Å². The zero-order chi connectivity index (χ0) is 15.5. The van der Waals surface area contributed by atoms with Crippen molar-refractivity contribution in [3.8, 4) is 0 Å². The third-order valence-electron chi connectivity index (χ3n) is 4.79. The number of carbonyl (C=O) groups is 2. The minimum absolute atomic E-state index is 0.220. The Balaban J connectivity index is 1.93. The Bertz CT molecular complexity index is 384. The first kappa shape index (κ1) is 16.1. The molecule has 1 saturated heterocycles. The minimum Gasteiger partial charge on any atom is -0.480 e. The molecule has 1 aliphatic carbocycles. The van der Waals surface area contributed by atoms with Gasteiger partial charge in [0.25, 0.3) is 0 Å². The van der Waals surface area contributed by atoms with E-state index in [2.05, 4.69) is 24.1 Å². The second-order valence-electron chi connectivity index (χ2n) is 6.49. The van der Waals surface area contributed by atoms with Gasteiger partial charge >= 0.3 is 12.0 Å². The van der Waals surface area contributed by atoms with Gasteiger partial charge < -0.3 is 15.3 Å². The van der Waals surface area contributed by atoms with Crippen molar-refractivity contribution in [3.05, 3.63) is 0 Å². The van der Waals surface area contributed by atoms with Gasteiger partial charge in [-0.05, 0) is 26.7 Å². The molecule has 2 aliphatic rings. The molecule has 1 aliphatic heterocycles. The third-order valence-corrected chi connectivity index (χ3v) is 4.79. The SMILES string of the molecule is CC(C)N1CCN(C(=O)NC2(C(=O)O)CCCCC2)CC1. The highest BCUT2D eigenvalue weighted by molar-refractivity contribution is 5.86. The Morgan fingerprint density at radius 1 is 1.05 bits per heavy atom. The average molecular weight is 297 g/mol. The van der Waals surface area contributed by atoms with Crippen molar-refractivity contribution in [2.45, 2.75) is 57.5 Å². The Hall–Kier alpha value is -1.30. The standard InChI is InChI=1S/C15H27N3O3/c1-12(2)17-8-10-18(11-9-17)14(21)16-15(13(19)20)6-4-3-5-7-15/h12H,3-11H2,1-2H3,(H,16,21)(H,19,20). The van der Waals surface area contributed by atoms with E-state index in [-0.39, 0.29) is 6.03 Å². The molecule has 0 aromatic rings. The first-order valence-electron chi connectivity index (χ1n) is 7.99. The van der Waals surface area contributed by atoms with Gasteiger partial charge in [0, 0.05) is 32.2 Å². The molecule has 1 heterocycles. The summed E-state index contributed by atoms with van der Waals surface area (Å²) in [6.45, 7) is 7.34. The van der Waals surface area contributed by atoms with E-state index in [0.29, 0.717) is 32.0 Å². The maximum absolute atomic E-state index is 12.4. The van der Waals surface area contributed by atoms with Crippen LogP contribution in [0.25, 0.3) is 0 Å². The van der Waals surface area contributed by atoms with E-state index in [1.165, 1.54) is 0 Å². The van der Waals surface area contributed by atoms with Crippen molar-refractivity contribution >= 4 is 12.0 Å². The van der Waals surface area contributed by atoms with Gasteiger partial charge in [-0.25, -0.2) is 9.59 Å². The van der Waals surface area contributed by atoms with Gasteiger partial charge in [-0.1, -0.05) is 19.3 Å². The maximum atomic E-state index is 12.4. The zero-order valence-electron chi connectivity index (χ0n) is 13.1. The number of piperazine rings is 1. The number of hydrogen-bond donors (Lipinski definition) is 2. The molecule has 2 N–H and O–H groups in total. The molecule has 120 valence electrons. The summed E-state index contributed by atoms with van der Waals surface area (Å²) in [7, 11) is 0. The van der Waals surface area contributed by atoms with E-state index in [9.17, 15) is 14.7 Å². The highest BCUT2D eigenvalue weighted by atomic mass is 16.4. The molecule has 0 radical (unpaired) electrons. The number of carboxylic acids is 1. The quantitative estimate of drug-likeness (QED) is 0.828. The van der Waals surface area contributed by atoms with Crippen LogP contribution < -0.4 is 5.32 Å². The molecule has 0 aromatic carbocycles. The summed E-state index contributed by atoms with van der Waals surface area (Å²) >= 11 is 0. The molecular formula is C15H27N3O3. The van der Waals surface area contributed by atoms with Crippen LogP contribution in [0.15, 0.2) is 0 Å². The van der Waals surface area contributed by atoms with Gasteiger partial charge in [0.05, 0.1) is 0 Å². The number of urea groups is 1. The summed E-state index contributed by atoms with van der Waals surface area (Å²) in [6, 6.07) is 0.265. The lowest BCUT2D eigenvalue weighted by Gasteiger charge is -2.40. The molecule has 0 atom stereocenters. The lowest BCUT2D eigenvalue weighted by Crippen LogP contribution is -2.61. The number of hydrogen-bond acceptors (Lipinski definition) is 3. The van der Waals surface area contributed by atoms with Crippen LogP contribution in [0.4, 0.5) is 4.79 Å². The predicted octanol–water partition coefficient (Wildman–Crippen LogP) is 1.51. The molecule has 0 unspecified atom stereocenters. The van der Waals surface area contributed by atoms with Crippen LogP contribution >= 0.6 is 0 Å². The zero-order valence-corrected chi connectivity index (χ0v) is 13.1. The fourth-order valence-corrected chi connectivity index (χ4v) is 3.27. The van der Waals surface area contributed by atoms with Crippen LogP contribution in [-0.4, -0.2) is 64.7 Å². The fraction of sp³-hybridized carbons (Fsp3) is 0.867. The molecule has 2 rings (SSSR count). The summed E-state index contributed by atoms with van der Waals surface area (Å²) in [5, 5.41) is 12.3. The molecule has 6 heteroatoms. The van der Waals surface area contributed by atoms with Crippen molar-refractivity contribution < 1.29 is 14.7 Å². The second kappa shape index (κ2) is 6.64. The molecule has 1 saturated carbocycles. The molecule has 0 spiro atoms. The number of nitrogens with one attached hydrogen (secondary N) is 1. The van der Waals surface area contributed by atoms with E-state index in [1.807, 2.05) is 0 Å². The van der Waals surface area contributed by atoms with Crippen molar-refractivity contribution in [3.63, 3.8) is 0 Å². The van der Waals surface area contributed by atoms with Crippen LogP contribution in [-0.2, 0) is 4.79 Å². The van der Waals surface area contributed by atoms with Crippen LogP contribution in [0, 0.1) is 0 Å². The third kappa shape index (κ3) is 3.67. The lowest BCUT2D eigenvalue weighted by atomic mass is 9.82. The van der Waals surface area contributed by atoms with Gasteiger partial charge in [0.1, 0.15) is 5.54 Å². The minimum atomic E-state index is -1.05. The van der Waals surface area contributed by atoms with Gasteiger partial charge in [0.15, 0.2) is 0 Å². The number of rotatable bonds is 3. The number of amides is 2. The second-order valence-corrected chi connectivity index (χ2v) is 6.49. The van der Waals surface area contributed by atoms with Crippen molar-refractivity contribution in [2.75, 3.05) is 26.2 Å². The summed E-state index contributed by atoms with van der Waals surface area (Å²) < 4.78 is 0. The number of carbonyl (C=O) groups excluding carboxylic acids is 1. The highest BCUT2D eigenvalue weighted by Gasteiger charge is 2.42. The molecule has 6 nitrogen and oxygen atoms in total. The molecule has 2 amide bonds. The fourth-order valence-electron chi connectivity index (χ4n) is 3.27. The van der Waals surface area contributed by atoms with Crippen molar-refractivity contribution in [1.29, 1.82) is 0 Å². The summed E-state index contributed by atoms with van der Waals surface area (Å²) in [4.78, 5) is 28.1. The average Bonchev–Trinajstić information content (AvgIpc) is 2.48. The Morgan fingerprint density at radius 3 is 2.10 bits per heavy atom. The summed E-state index contributed by atoms with van der Waals surface area (Å²) in [5.74, 6) is -0.892. The van der Waals surface area contributed by atoms with Crippen LogP contribution in [0.5, 0.6) is 0 Å². The Morgan fingerprint density at radius 2 is 1.62 bits per heavy atom. The predicted molar refractivity (Wildman–Crippen MR) is 80.3 cm³/mol. The number of carboxylic acid groups (broad SMARTS) is 1. The van der Waals surface area contributed by atoms with Gasteiger partial charge in [-0.3, -0.25) is 4.90 Å². The topological polar surface area (TPSA) is 72.9 Å². The molecule has 2 fully saturated rings. The van der Waals surface area contributed by atoms with Gasteiger partial charge in [0.2, 0.25) is 0 Å².